The van der Waals surface area contributed by atoms with Gasteiger partial charge in [0.25, 0.3) is 0 Å². The first-order chi connectivity index (χ1) is 10.9. The number of anilines is 2. The van der Waals surface area contributed by atoms with Gasteiger partial charge < -0.3 is 10.3 Å². The molecule has 0 unspecified atom stereocenters. The van der Waals surface area contributed by atoms with Crippen LogP contribution in [0.1, 0.15) is 5.56 Å². The Morgan fingerprint density at radius 2 is 1.96 bits per heavy atom. The van der Waals surface area contributed by atoms with Crippen LogP contribution in [0.5, 0.6) is 0 Å². The first kappa shape index (κ1) is 14.8. The molecule has 0 radical (unpaired) electrons. The highest BCUT2D eigenvalue weighted by Gasteiger charge is 2.30. The highest BCUT2D eigenvalue weighted by atomic mass is 19.4. The molecule has 0 fully saturated rings. The molecule has 23 heavy (non-hydrogen) atoms. The molecule has 0 bridgehead atoms. The molecule has 118 valence electrons. The lowest BCUT2D eigenvalue weighted by atomic mass is 10.2. The second kappa shape index (κ2) is 5.55. The summed E-state index contributed by atoms with van der Waals surface area (Å²) in [6.07, 6.45) is -1.89. The SMILES string of the molecule is O=C(Nc1cccc(C(F)(F)F)c1)Nc1ncnc2nc[nH]c12. The Kier molecular flexibility index (Phi) is 3.56. The summed E-state index contributed by atoms with van der Waals surface area (Å²) in [5, 5.41) is 4.74. The van der Waals surface area contributed by atoms with Gasteiger partial charge in [-0.05, 0) is 18.2 Å². The molecule has 2 amide bonds. The minimum Gasteiger partial charge on any atom is -0.340 e. The third-order valence-electron chi connectivity index (χ3n) is 2.90. The maximum Gasteiger partial charge on any atom is 0.416 e. The Hall–Kier alpha value is -3.17. The summed E-state index contributed by atoms with van der Waals surface area (Å²) in [5.74, 6) is 0.164. The molecular formula is C13H9F3N6O. The second-order valence-corrected chi connectivity index (χ2v) is 4.48. The van der Waals surface area contributed by atoms with Crippen LogP contribution in [-0.4, -0.2) is 26.0 Å². The molecule has 2 aromatic heterocycles. The third kappa shape index (κ3) is 3.20. The van der Waals surface area contributed by atoms with Crippen molar-refractivity contribution in [3.63, 3.8) is 0 Å². The fourth-order valence-corrected chi connectivity index (χ4v) is 1.90. The van der Waals surface area contributed by atoms with Crippen molar-refractivity contribution in [1.29, 1.82) is 0 Å². The Labute approximate surface area is 127 Å². The van der Waals surface area contributed by atoms with Gasteiger partial charge in [-0.25, -0.2) is 19.7 Å². The van der Waals surface area contributed by atoms with Gasteiger partial charge in [0.2, 0.25) is 0 Å². The minimum absolute atomic E-state index is 0.00670. The molecule has 0 spiro atoms. The number of amides is 2. The summed E-state index contributed by atoms with van der Waals surface area (Å²) < 4.78 is 37.9. The zero-order valence-electron chi connectivity index (χ0n) is 11.3. The number of H-pyrrole nitrogens is 1. The van der Waals surface area contributed by atoms with Crippen molar-refractivity contribution in [1.82, 2.24) is 19.9 Å². The normalized spacial score (nSPS) is 11.4. The summed E-state index contributed by atoms with van der Waals surface area (Å²) in [4.78, 5) is 26.3. The predicted octanol–water partition coefficient (Wildman–Crippen LogP) is 3.02. The number of imidazole rings is 1. The number of nitrogens with one attached hydrogen (secondary N) is 3. The first-order valence-corrected chi connectivity index (χ1v) is 6.33. The van der Waals surface area contributed by atoms with Gasteiger partial charge in [-0.3, -0.25) is 5.32 Å². The van der Waals surface area contributed by atoms with E-state index in [1.165, 1.54) is 24.8 Å². The van der Waals surface area contributed by atoms with Crippen molar-refractivity contribution in [3.05, 3.63) is 42.5 Å². The van der Waals surface area contributed by atoms with Gasteiger partial charge in [-0.15, -0.1) is 0 Å². The molecule has 3 rings (SSSR count). The highest BCUT2D eigenvalue weighted by molar-refractivity contribution is 6.02. The summed E-state index contributed by atoms with van der Waals surface area (Å²) >= 11 is 0. The summed E-state index contributed by atoms with van der Waals surface area (Å²) in [6, 6.07) is 3.57. The van der Waals surface area contributed by atoms with Gasteiger partial charge in [-0.1, -0.05) is 6.07 Å². The maximum absolute atomic E-state index is 12.6. The van der Waals surface area contributed by atoms with Crippen LogP contribution in [0.15, 0.2) is 36.9 Å². The molecule has 3 N–H and O–H groups in total. The number of nitrogens with zero attached hydrogens (tertiary/aromatic N) is 3. The van der Waals surface area contributed by atoms with E-state index in [1.807, 2.05) is 0 Å². The van der Waals surface area contributed by atoms with E-state index in [9.17, 15) is 18.0 Å². The van der Waals surface area contributed by atoms with Crippen LogP contribution in [0, 0.1) is 0 Å². The van der Waals surface area contributed by atoms with E-state index in [0.717, 1.165) is 12.1 Å². The summed E-state index contributed by atoms with van der Waals surface area (Å²) in [5.41, 5.74) is -0.0819. The molecule has 0 aliphatic heterocycles. The summed E-state index contributed by atoms with van der Waals surface area (Å²) in [7, 11) is 0. The van der Waals surface area contributed by atoms with Gasteiger partial charge in [-0.2, -0.15) is 13.2 Å². The van der Waals surface area contributed by atoms with E-state index in [4.69, 9.17) is 0 Å². The zero-order chi connectivity index (χ0) is 16.4. The van der Waals surface area contributed by atoms with Crippen molar-refractivity contribution in [2.24, 2.45) is 0 Å². The molecule has 7 nitrogen and oxygen atoms in total. The van der Waals surface area contributed by atoms with Crippen molar-refractivity contribution < 1.29 is 18.0 Å². The Morgan fingerprint density at radius 1 is 1.13 bits per heavy atom. The van der Waals surface area contributed by atoms with Crippen molar-refractivity contribution in [2.75, 3.05) is 10.6 Å². The number of urea groups is 1. The number of carbonyl (C=O) groups excluding carboxylic acids is 1. The molecule has 0 saturated carbocycles. The summed E-state index contributed by atoms with van der Waals surface area (Å²) in [6.45, 7) is 0. The number of hydrogen-bond donors (Lipinski definition) is 3. The van der Waals surface area contributed by atoms with Crippen LogP contribution >= 0.6 is 0 Å². The molecular weight excluding hydrogens is 313 g/mol. The molecule has 0 atom stereocenters. The molecule has 0 aliphatic carbocycles. The van der Waals surface area contributed by atoms with Crippen LogP contribution in [-0.2, 0) is 6.18 Å². The molecule has 1 aromatic carbocycles. The quantitative estimate of drug-likeness (QED) is 0.676. The number of halogens is 3. The van der Waals surface area contributed by atoms with Gasteiger partial charge in [0.1, 0.15) is 11.8 Å². The van der Waals surface area contributed by atoms with Gasteiger partial charge >= 0.3 is 12.2 Å². The Bertz CT molecular complexity index is 860. The Balaban J connectivity index is 1.76. The number of aromatic amines is 1. The molecule has 0 aliphatic rings. The second-order valence-electron chi connectivity index (χ2n) is 4.48. The fraction of sp³-hybridized carbons (Fsp3) is 0.0769. The number of aromatic nitrogens is 4. The number of rotatable bonds is 2. The number of carbonyl (C=O) groups is 1. The maximum atomic E-state index is 12.6. The van der Waals surface area contributed by atoms with Crippen molar-refractivity contribution in [2.45, 2.75) is 6.18 Å². The van der Waals surface area contributed by atoms with Crippen molar-refractivity contribution >= 4 is 28.7 Å². The van der Waals surface area contributed by atoms with Crippen LogP contribution < -0.4 is 10.6 Å². The predicted molar refractivity (Wildman–Crippen MR) is 75.8 cm³/mol. The van der Waals surface area contributed by atoms with E-state index in [1.54, 1.807) is 0 Å². The lowest BCUT2D eigenvalue weighted by Gasteiger charge is -2.10. The number of benzene rings is 1. The van der Waals surface area contributed by atoms with E-state index >= 15 is 0 Å². The average Bonchev–Trinajstić information content (AvgIpc) is 2.96. The highest BCUT2D eigenvalue weighted by Crippen LogP contribution is 2.30. The van der Waals surface area contributed by atoms with Crippen LogP contribution in [0.3, 0.4) is 0 Å². The number of fused-ring (bicyclic) bond motifs is 1. The van der Waals surface area contributed by atoms with E-state index in [-0.39, 0.29) is 11.5 Å². The van der Waals surface area contributed by atoms with Gasteiger partial charge in [0, 0.05) is 5.69 Å². The molecule has 2 heterocycles. The van der Waals surface area contributed by atoms with Crippen LogP contribution in [0.2, 0.25) is 0 Å². The monoisotopic (exact) mass is 322 g/mol. The number of hydrogen-bond acceptors (Lipinski definition) is 4. The fourth-order valence-electron chi connectivity index (χ4n) is 1.90. The largest absolute Gasteiger partial charge is 0.416 e. The van der Waals surface area contributed by atoms with E-state index in [2.05, 4.69) is 30.6 Å². The Morgan fingerprint density at radius 3 is 2.74 bits per heavy atom. The molecule has 0 saturated heterocycles. The smallest absolute Gasteiger partial charge is 0.340 e. The third-order valence-corrected chi connectivity index (χ3v) is 2.90. The van der Waals surface area contributed by atoms with E-state index < -0.39 is 17.8 Å². The van der Waals surface area contributed by atoms with E-state index in [0.29, 0.717) is 11.2 Å². The topological polar surface area (TPSA) is 95.6 Å². The lowest BCUT2D eigenvalue weighted by Crippen LogP contribution is -2.20. The standard InChI is InChI=1S/C13H9F3N6O/c14-13(15,16)7-2-1-3-8(4-7)21-12(23)22-11-9-10(18-5-17-9)19-6-20-11/h1-6H,(H3,17,18,19,20,21,22,23). The van der Waals surface area contributed by atoms with Crippen LogP contribution in [0.25, 0.3) is 11.2 Å². The van der Waals surface area contributed by atoms with Crippen molar-refractivity contribution in [3.8, 4) is 0 Å². The number of alkyl halides is 3. The van der Waals surface area contributed by atoms with Gasteiger partial charge in [0.05, 0.1) is 11.9 Å². The molecule has 3 aromatic rings. The lowest BCUT2D eigenvalue weighted by molar-refractivity contribution is -0.137. The zero-order valence-corrected chi connectivity index (χ0v) is 11.3. The van der Waals surface area contributed by atoms with Gasteiger partial charge in [0.15, 0.2) is 11.5 Å². The first-order valence-electron chi connectivity index (χ1n) is 6.33. The minimum atomic E-state index is -4.48. The molecule has 10 heteroatoms. The average molecular weight is 322 g/mol. The van der Waals surface area contributed by atoms with Crippen LogP contribution in [0.4, 0.5) is 29.5 Å².